The first kappa shape index (κ1) is 18.5. The molecule has 0 saturated carbocycles. The van der Waals surface area contributed by atoms with Crippen LogP contribution in [0.1, 0.15) is 15.9 Å². The Kier molecular flexibility index (Phi) is 4.90. The number of benzene rings is 3. The zero-order valence-corrected chi connectivity index (χ0v) is 14.9. The van der Waals surface area contributed by atoms with Crippen LogP contribution in [0.5, 0.6) is 5.75 Å². The minimum atomic E-state index is -1.29. The van der Waals surface area contributed by atoms with Crippen LogP contribution >= 0.6 is 0 Å². The molecule has 146 valence electrons. The van der Waals surface area contributed by atoms with Gasteiger partial charge in [-0.15, -0.1) is 0 Å². The third-order valence-corrected chi connectivity index (χ3v) is 4.32. The number of aromatic nitrogens is 2. The zero-order chi connectivity index (χ0) is 20.4. The van der Waals surface area contributed by atoms with Crippen LogP contribution in [0.2, 0.25) is 0 Å². The van der Waals surface area contributed by atoms with Crippen molar-refractivity contribution in [3.8, 4) is 5.75 Å². The number of fused-ring (bicyclic) bond motifs is 1. The highest BCUT2D eigenvalue weighted by Crippen LogP contribution is 2.27. The first-order chi connectivity index (χ1) is 14.0. The number of H-pyrrole nitrogens is 1. The maximum Gasteiger partial charge on any atom is 0.256 e. The van der Waals surface area contributed by atoms with Crippen molar-refractivity contribution in [3.05, 3.63) is 89.2 Å². The summed E-state index contributed by atoms with van der Waals surface area (Å²) in [4.78, 5) is 12.3. The fourth-order valence-corrected chi connectivity index (χ4v) is 2.80. The lowest BCUT2D eigenvalue weighted by molar-refractivity contribution is 0.102. The van der Waals surface area contributed by atoms with E-state index >= 15 is 0 Å². The second-order valence-corrected chi connectivity index (χ2v) is 6.21. The Morgan fingerprint density at radius 3 is 2.55 bits per heavy atom. The van der Waals surface area contributed by atoms with E-state index in [-0.39, 0.29) is 17.5 Å². The van der Waals surface area contributed by atoms with E-state index in [1.807, 2.05) is 0 Å². The normalized spacial score (nSPS) is 10.9. The van der Waals surface area contributed by atoms with Crippen LogP contribution in [0, 0.1) is 17.5 Å². The van der Waals surface area contributed by atoms with E-state index < -0.39 is 29.6 Å². The lowest BCUT2D eigenvalue weighted by Gasteiger charge is -2.09. The van der Waals surface area contributed by atoms with Crippen molar-refractivity contribution in [2.45, 2.75) is 6.61 Å². The molecule has 29 heavy (non-hydrogen) atoms. The van der Waals surface area contributed by atoms with E-state index in [4.69, 9.17) is 4.74 Å². The minimum Gasteiger partial charge on any atom is -0.489 e. The topological polar surface area (TPSA) is 67.0 Å². The summed E-state index contributed by atoms with van der Waals surface area (Å²) < 4.78 is 46.3. The van der Waals surface area contributed by atoms with Gasteiger partial charge in [0.25, 0.3) is 5.91 Å². The second-order valence-electron chi connectivity index (χ2n) is 6.21. The van der Waals surface area contributed by atoms with Gasteiger partial charge in [0.05, 0.1) is 11.1 Å². The standard InChI is InChI=1S/C21H14F3N3O2/c22-16-7-8-17(23)19(24)15(16)11-29-13-6-9-18-14(10-13)20(27-26-18)25-21(28)12-4-2-1-3-5-12/h1-10H,11H2,(H2,25,26,27,28). The minimum absolute atomic E-state index is 0.275. The third-order valence-electron chi connectivity index (χ3n) is 4.32. The Hall–Kier alpha value is -3.81. The van der Waals surface area contributed by atoms with E-state index in [0.717, 1.165) is 6.07 Å². The summed E-state index contributed by atoms with van der Waals surface area (Å²) >= 11 is 0. The van der Waals surface area contributed by atoms with Crippen molar-refractivity contribution in [1.82, 2.24) is 10.2 Å². The quantitative estimate of drug-likeness (QED) is 0.475. The zero-order valence-electron chi connectivity index (χ0n) is 14.9. The summed E-state index contributed by atoms with van der Waals surface area (Å²) in [6.45, 7) is -0.496. The first-order valence-electron chi connectivity index (χ1n) is 8.62. The van der Waals surface area contributed by atoms with Gasteiger partial charge in [-0.25, -0.2) is 13.2 Å². The van der Waals surface area contributed by atoms with Crippen LogP contribution < -0.4 is 10.1 Å². The van der Waals surface area contributed by atoms with Gasteiger partial charge in [0, 0.05) is 10.9 Å². The molecule has 0 aliphatic heterocycles. The Morgan fingerprint density at radius 1 is 1.00 bits per heavy atom. The third kappa shape index (κ3) is 3.77. The van der Waals surface area contributed by atoms with Crippen molar-refractivity contribution >= 4 is 22.6 Å². The number of carbonyl (C=O) groups is 1. The van der Waals surface area contributed by atoms with Crippen LogP contribution in [-0.4, -0.2) is 16.1 Å². The van der Waals surface area contributed by atoms with Crippen LogP contribution in [0.4, 0.5) is 19.0 Å². The van der Waals surface area contributed by atoms with Gasteiger partial charge in [0.15, 0.2) is 17.5 Å². The van der Waals surface area contributed by atoms with E-state index in [1.165, 1.54) is 0 Å². The molecule has 3 aromatic carbocycles. The van der Waals surface area contributed by atoms with Crippen LogP contribution in [0.3, 0.4) is 0 Å². The number of aromatic amines is 1. The Morgan fingerprint density at radius 2 is 1.76 bits per heavy atom. The molecule has 4 rings (SSSR count). The van der Waals surface area contributed by atoms with Crippen molar-refractivity contribution in [2.75, 3.05) is 5.32 Å². The average Bonchev–Trinajstić information content (AvgIpc) is 3.13. The number of carbonyl (C=O) groups excluding carboxylic acids is 1. The maximum atomic E-state index is 13.8. The van der Waals surface area contributed by atoms with Crippen LogP contribution in [0.15, 0.2) is 60.7 Å². The molecular weight excluding hydrogens is 383 g/mol. The van der Waals surface area contributed by atoms with Gasteiger partial charge in [0.2, 0.25) is 0 Å². The van der Waals surface area contributed by atoms with Gasteiger partial charge in [-0.05, 0) is 42.5 Å². The number of nitrogens with zero attached hydrogens (tertiary/aromatic N) is 1. The first-order valence-corrected chi connectivity index (χ1v) is 8.62. The van der Waals surface area contributed by atoms with E-state index in [1.54, 1.807) is 48.5 Å². The molecule has 2 N–H and O–H groups in total. The Bertz CT molecular complexity index is 1190. The number of anilines is 1. The molecule has 0 bridgehead atoms. The highest BCUT2D eigenvalue weighted by molar-refractivity contribution is 6.07. The molecule has 0 aliphatic carbocycles. The number of nitrogens with one attached hydrogen (secondary N) is 2. The van der Waals surface area contributed by atoms with Gasteiger partial charge in [-0.1, -0.05) is 18.2 Å². The molecule has 0 atom stereocenters. The predicted molar refractivity (Wildman–Crippen MR) is 101 cm³/mol. The molecule has 1 heterocycles. The lowest BCUT2D eigenvalue weighted by atomic mass is 10.2. The molecular formula is C21H14F3N3O2. The summed E-state index contributed by atoms with van der Waals surface area (Å²) in [6.07, 6.45) is 0. The highest BCUT2D eigenvalue weighted by atomic mass is 19.2. The second kappa shape index (κ2) is 7.67. The van der Waals surface area contributed by atoms with Crippen molar-refractivity contribution < 1.29 is 22.7 Å². The molecule has 0 unspecified atom stereocenters. The number of halogens is 3. The lowest BCUT2D eigenvalue weighted by Crippen LogP contribution is -2.12. The smallest absolute Gasteiger partial charge is 0.256 e. The van der Waals surface area contributed by atoms with E-state index in [9.17, 15) is 18.0 Å². The van der Waals surface area contributed by atoms with Gasteiger partial charge in [-0.3, -0.25) is 9.89 Å². The number of hydrogen-bond donors (Lipinski definition) is 2. The number of ether oxygens (including phenoxy) is 1. The number of rotatable bonds is 5. The SMILES string of the molecule is O=C(Nc1n[nH]c2ccc(OCc3c(F)ccc(F)c3F)cc12)c1ccccc1. The van der Waals surface area contributed by atoms with Crippen molar-refractivity contribution in [3.63, 3.8) is 0 Å². The summed E-state index contributed by atoms with van der Waals surface area (Å²) in [5, 5.41) is 10.1. The summed E-state index contributed by atoms with van der Waals surface area (Å²) in [5.74, 6) is -3.12. The molecule has 1 amide bonds. The highest BCUT2D eigenvalue weighted by Gasteiger charge is 2.15. The Labute approximate surface area is 163 Å². The summed E-state index contributed by atoms with van der Waals surface area (Å²) in [7, 11) is 0. The largest absolute Gasteiger partial charge is 0.489 e. The molecule has 4 aromatic rings. The molecule has 0 aliphatic rings. The molecule has 0 spiro atoms. The molecule has 0 fully saturated rings. The van der Waals surface area contributed by atoms with Gasteiger partial charge < -0.3 is 10.1 Å². The summed E-state index contributed by atoms with van der Waals surface area (Å²) in [6, 6.07) is 15.0. The summed E-state index contributed by atoms with van der Waals surface area (Å²) in [5.41, 5.74) is 0.590. The molecule has 1 aromatic heterocycles. The molecule has 0 radical (unpaired) electrons. The fourth-order valence-electron chi connectivity index (χ4n) is 2.80. The monoisotopic (exact) mass is 397 g/mol. The molecule has 0 saturated heterocycles. The average molecular weight is 397 g/mol. The fraction of sp³-hybridized carbons (Fsp3) is 0.0476. The van der Waals surface area contributed by atoms with Gasteiger partial charge in [0.1, 0.15) is 18.2 Å². The van der Waals surface area contributed by atoms with Gasteiger partial charge >= 0.3 is 0 Å². The number of hydrogen-bond acceptors (Lipinski definition) is 3. The van der Waals surface area contributed by atoms with Crippen molar-refractivity contribution in [1.29, 1.82) is 0 Å². The molecule has 5 nitrogen and oxygen atoms in total. The van der Waals surface area contributed by atoms with Crippen LogP contribution in [-0.2, 0) is 6.61 Å². The number of amides is 1. The van der Waals surface area contributed by atoms with E-state index in [2.05, 4.69) is 15.5 Å². The van der Waals surface area contributed by atoms with Crippen LogP contribution in [0.25, 0.3) is 10.9 Å². The maximum absolute atomic E-state index is 13.8. The van der Waals surface area contributed by atoms with E-state index in [0.29, 0.717) is 22.5 Å². The van der Waals surface area contributed by atoms with Gasteiger partial charge in [-0.2, -0.15) is 5.10 Å². The molecule has 8 heteroatoms. The van der Waals surface area contributed by atoms with Crippen molar-refractivity contribution in [2.24, 2.45) is 0 Å². The Balaban J connectivity index is 1.56. The predicted octanol–water partition coefficient (Wildman–Crippen LogP) is 4.81.